The monoisotopic (exact) mass is 395 g/mol. The van der Waals surface area contributed by atoms with Gasteiger partial charge in [0.15, 0.2) is 0 Å². The van der Waals surface area contributed by atoms with Crippen LogP contribution in [0.25, 0.3) is 0 Å². The Morgan fingerprint density at radius 3 is 2.68 bits per heavy atom. The zero-order chi connectivity index (χ0) is 17.6. The van der Waals surface area contributed by atoms with Gasteiger partial charge in [0.1, 0.15) is 0 Å². The van der Waals surface area contributed by atoms with Crippen molar-refractivity contribution in [2.45, 2.75) is 44.6 Å². The first-order chi connectivity index (χ1) is 12.0. The second kappa shape index (κ2) is 6.14. The van der Waals surface area contributed by atoms with Crippen molar-refractivity contribution in [3.8, 4) is 0 Å². The van der Waals surface area contributed by atoms with Gasteiger partial charge in [0.05, 0.1) is 6.04 Å². The number of carbonyl (C=O) groups is 1. The van der Waals surface area contributed by atoms with Crippen LogP contribution in [-0.2, 0) is 16.6 Å². The van der Waals surface area contributed by atoms with Crippen molar-refractivity contribution < 1.29 is 4.79 Å². The molecule has 128 valence electrons. The Hall–Kier alpha value is -1.87. The third-order valence-electron chi connectivity index (χ3n) is 5.78. The fraction of sp³-hybridized carbons (Fsp3) is 0.318. The minimum Gasteiger partial charge on any atom is -0.308 e. The van der Waals surface area contributed by atoms with Crippen LogP contribution < -0.4 is 0 Å². The summed E-state index contributed by atoms with van der Waals surface area (Å²) in [5.74, 6) is 0.237. The van der Waals surface area contributed by atoms with Crippen LogP contribution in [0.1, 0.15) is 49.4 Å². The Morgan fingerprint density at radius 1 is 1.16 bits per heavy atom. The summed E-state index contributed by atoms with van der Waals surface area (Å²) in [6.45, 7) is 4.43. The maximum absolute atomic E-state index is 12.8. The SMILES string of the molecule is CC(c1ccccc1)N1C(=O)CC[C@]2(C)C1=CCc1cc(Br)ccc12. The third-order valence-corrected chi connectivity index (χ3v) is 6.27. The largest absolute Gasteiger partial charge is 0.308 e. The molecule has 0 bridgehead atoms. The molecule has 1 heterocycles. The van der Waals surface area contributed by atoms with Crippen LogP contribution in [0, 0.1) is 0 Å². The molecule has 2 aromatic carbocycles. The summed E-state index contributed by atoms with van der Waals surface area (Å²) in [6.07, 6.45) is 4.63. The molecule has 2 atom stereocenters. The second-order valence-corrected chi connectivity index (χ2v) is 8.19. The van der Waals surface area contributed by atoms with Crippen LogP contribution >= 0.6 is 15.9 Å². The molecule has 0 spiro atoms. The van der Waals surface area contributed by atoms with E-state index in [-0.39, 0.29) is 17.4 Å². The number of hydrogen-bond donors (Lipinski definition) is 0. The summed E-state index contributed by atoms with van der Waals surface area (Å²) in [6, 6.07) is 16.9. The molecule has 1 fully saturated rings. The van der Waals surface area contributed by atoms with Crippen LogP contribution in [0.4, 0.5) is 0 Å². The maximum atomic E-state index is 12.8. The molecule has 1 saturated heterocycles. The lowest BCUT2D eigenvalue weighted by Gasteiger charge is -2.48. The molecule has 0 N–H and O–H groups in total. The topological polar surface area (TPSA) is 20.3 Å². The number of piperidine rings is 1. The van der Waals surface area contributed by atoms with Crippen LogP contribution in [0.5, 0.6) is 0 Å². The Labute approximate surface area is 157 Å². The smallest absolute Gasteiger partial charge is 0.227 e. The van der Waals surface area contributed by atoms with E-state index in [1.807, 2.05) is 23.1 Å². The molecule has 0 aromatic heterocycles. The van der Waals surface area contributed by atoms with E-state index in [1.165, 1.54) is 22.4 Å². The highest BCUT2D eigenvalue weighted by Crippen LogP contribution is 2.49. The highest BCUT2D eigenvalue weighted by Gasteiger charge is 2.45. The number of hydrogen-bond acceptors (Lipinski definition) is 1. The highest BCUT2D eigenvalue weighted by molar-refractivity contribution is 9.10. The molecule has 2 nitrogen and oxygen atoms in total. The average Bonchev–Trinajstić information content (AvgIpc) is 2.62. The van der Waals surface area contributed by atoms with E-state index in [2.05, 4.69) is 66.2 Å². The number of likely N-dealkylation sites (tertiary alicyclic amines) is 1. The van der Waals surface area contributed by atoms with E-state index in [0.29, 0.717) is 6.42 Å². The first kappa shape index (κ1) is 16.6. The molecule has 1 unspecified atom stereocenters. The highest BCUT2D eigenvalue weighted by atomic mass is 79.9. The summed E-state index contributed by atoms with van der Waals surface area (Å²) in [5.41, 5.74) is 5.00. The molecule has 4 rings (SSSR count). The first-order valence-electron chi connectivity index (χ1n) is 8.87. The van der Waals surface area contributed by atoms with Gasteiger partial charge >= 0.3 is 0 Å². The fourth-order valence-electron chi connectivity index (χ4n) is 4.38. The number of benzene rings is 2. The normalized spacial score (nSPS) is 23.6. The fourth-order valence-corrected chi connectivity index (χ4v) is 4.79. The predicted octanol–water partition coefficient (Wildman–Crippen LogP) is 5.53. The zero-order valence-electron chi connectivity index (χ0n) is 14.6. The van der Waals surface area contributed by atoms with Gasteiger partial charge in [-0.1, -0.05) is 58.4 Å². The number of nitrogens with zero attached hydrogens (tertiary/aromatic N) is 1. The lowest BCUT2D eigenvalue weighted by molar-refractivity contribution is -0.134. The Kier molecular flexibility index (Phi) is 4.07. The number of amides is 1. The Balaban J connectivity index is 1.79. The van der Waals surface area contributed by atoms with Gasteiger partial charge in [-0.3, -0.25) is 4.79 Å². The van der Waals surface area contributed by atoms with Crippen molar-refractivity contribution >= 4 is 21.8 Å². The summed E-state index contributed by atoms with van der Waals surface area (Å²) >= 11 is 3.59. The van der Waals surface area contributed by atoms with Crippen molar-refractivity contribution in [1.82, 2.24) is 4.90 Å². The van der Waals surface area contributed by atoms with Crippen molar-refractivity contribution in [3.63, 3.8) is 0 Å². The van der Waals surface area contributed by atoms with Gasteiger partial charge in [-0.05, 0) is 55.5 Å². The third kappa shape index (κ3) is 2.65. The van der Waals surface area contributed by atoms with Gasteiger partial charge in [0.2, 0.25) is 5.91 Å². The molecular formula is C22H22BrNO. The van der Waals surface area contributed by atoms with Gasteiger partial charge in [0.25, 0.3) is 0 Å². The number of rotatable bonds is 2. The Bertz CT molecular complexity index is 858. The minimum absolute atomic E-state index is 0.0524. The van der Waals surface area contributed by atoms with E-state index >= 15 is 0 Å². The molecule has 0 radical (unpaired) electrons. The number of fused-ring (bicyclic) bond motifs is 3. The Morgan fingerprint density at radius 2 is 1.92 bits per heavy atom. The summed E-state index contributed by atoms with van der Waals surface area (Å²) in [5, 5.41) is 0. The average molecular weight is 396 g/mol. The van der Waals surface area contributed by atoms with Crippen LogP contribution in [0.3, 0.4) is 0 Å². The molecule has 1 aliphatic carbocycles. The van der Waals surface area contributed by atoms with Gasteiger partial charge < -0.3 is 4.90 Å². The molecule has 1 amide bonds. The summed E-state index contributed by atoms with van der Waals surface area (Å²) in [7, 11) is 0. The van der Waals surface area contributed by atoms with Crippen molar-refractivity contribution in [1.29, 1.82) is 0 Å². The molecule has 2 aromatic rings. The maximum Gasteiger partial charge on any atom is 0.227 e. The van der Waals surface area contributed by atoms with Crippen molar-refractivity contribution in [3.05, 3.63) is 81.5 Å². The molecule has 25 heavy (non-hydrogen) atoms. The number of allylic oxidation sites excluding steroid dienone is 2. The summed E-state index contributed by atoms with van der Waals surface area (Å²) < 4.78 is 1.12. The van der Waals surface area contributed by atoms with Gasteiger partial charge in [-0.2, -0.15) is 0 Å². The van der Waals surface area contributed by atoms with E-state index in [9.17, 15) is 4.79 Å². The quantitative estimate of drug-likeness (QED) is 0.654. The van der Waals surface area contributed by atoms with E-state index in [0.717, 1.165) is 17.3 Å². The van der Waals surface area contributed by atoms with E-state index in [4.69, 9.17) is 0 Å². The van der Waals surface area contributed by atoms with Gasteiger partial charge in [-0.25, -0.2) is 0 Å². The van der Waals surface area contributed by atoms with Gasteiger partial charge in [0, 0.05) is 22.0 Å². The first-order valence-corrected chi connectivity index (χ1v) is 9.66. The lowest BCUT2D eigenvalue weighted by atomic mass is 9.67. The van der Waals surface area contributed by atoms with Crippen molar-refractivity contribution in [2.75, 3.05) is 0 Å². The van der Waals surface area contributed by atoms with Crippen LogP contribution in [0.2, 0.25) is 0 Å². The molecule has 3 heteroatoms. The molecular weight excluding hydrogens is 374 g/mol. The zero-order valence-corrected chi connectivity index (χ0v) is 16.2. The minimum atomic E-state index is -0.0920. The molecule has 2 aliphatic rings. The standard InChI is InChI=1S/C22H22BrNO/c1-15(16-6-4-3-5-7-16)24-20-11-8-17-14-18(23)9-10-19(17)22(20,2)13-12-21(24)25/h3-7,9-11,14-15H,8,12-13H2,1-2H3/t15?,22-/m0/s1. The number of carbonyl (C=O) groups excluding carboxylic acids is 1. The van der Waals surface area contributed by atoms with Crippen molar-refractivity contribution in [2.24, 2.45) is 0 Å². The lowest BCUT2D eigenvalue weighted by Crippen LogP contribution is -2.47. The van der Waals surface area contributed by atoms with Crippen LogP contribution in [-0.4, -0.2) is 10.8 Å². The van der Waals surface area contributed by atoms with E-state index < -0.39 is 0 Å². The molecule has 0 saturated carbocycles. The summed E-state index contributed by atoms with van der Waals surface area (Å²) in [4.78, 5) is 14.9. The second-order valence-electron chi connectivity index (χ2n) is 7.28. The number of halogens is 1. The molecule has 1 aliphatic heterocycles. The predicted molar refractivity (Wildman–Crippen MR) is 104 cm³/mol. The van der Waals surface area contributed by atoms with E-state index in [1.54, 1.807) is 0 Å². The van der Waals surface area contributed by atoms with Gasteiger partial charge in [-0.15, -0.1) is 0 Å². The van der Waals surface area contributed by atoms with Crippen LogP contribution in [0.15, 0.2) is 64.8 Å².